The summed E-state index contributed by atoms with van der Waals surface area (Å²) in [6.45, 7) is 2.21. The molecule has 5 rings (SSSR count). The fourth-order valence-electron chi connectivity index (χ4n) is 4.62. The first kappa shape index (κ1) is 28.1. The Morgan fingerprint density at radius 1 is 0.976 bits per heavy atom. The molecule has 0 amide bonds. The van der Waals surface area contributed by atoms with E-state index in [1.807, 2.05) is 6.92 Å². The molecule has 0 fully saturated rings. The summed E-state index contributed by atoms with van der Waals surface area (Å²) >= 11 is 0. The van der Waals surface area contributed by atoms with Crippen molar-refractivity contribution in [2.45, 2.75) is 19.4 Å². The van der Waals surface area contributed by atoms with E-state index in [0.29, 0.717) is 51.9 Å². The van der Waals surface area contributed by atoms with Gasteiger partial charge in [0.2, 0.25) is 5.88 Å². The smallest absolute Gasteiger partial charge is 0.343 e. The van der Waals surface area contributed by atoms with Crippen LogP contribution in [0.1, 0.15) is 39.9 Å². The normalized spacial score (nSPS) is 13.8. The van der Waals surface area contributed by atoms with Crippen molar-refractivity contribution in [2.24, 2.45) is 5.73 Å². The third kappa shape index (κ3) is 5.83. The zero-order valence-corrected chi connectivity index (χ0v) is 22.9. The number of carbonyl (C=O) groups excluding carboxylic acids is 1. The topological polar surface area (TPSA) is 113 Å². The number of nitrogens with two attached hydrogens (primary N) is 1. The zero-order chi connectivity index (χ0) is 29.6. The van der Waals surface area contributed by atoms with Crippen LogP contribution in [0.2, 0.25) is 0 Å². The number of esters is 1. The summed E-state index contributed by atoms with van der Waals surface area (Å²) in [6.07, 6.45) is 0. The first-order chi connectivity index (χ1) is 20.4. The summed E-state index contributed by atoms with van der Waals surface area (Å²) in [5.41, 5.74) is 8.46. The van der Waals surface area contributed by atoms with Gasteiger partial charge >= 0.3 is 5.97 Å². The number of rotatable bonds is 9. The van der Waals surface area contributed by atoms with Gasteiger partial charge in [0.05, 0.1) is 25.2 Å². The van der Waals surface area contributed by atoms with Gasteiger partial charge < -0.3 is 29.4 Å². The van der Waals surface area contributed by atoms with Gasteiger partial charge in [0, 0.05) is 17.2 Å². The molecular weight excluding hydrogens is 539 g/mol. The number of nitriles is 1. The van der Waals surface area contributed by atoms with E-state index in [0.717, 1.165) is 0 Å². The number of nitrogens with zero attached hydrogens (tertiary/aromatic N) is 1. The largest absolute Gasteiger partial charge is 0.497 e. The van der Waals surface area contributed by atoms with Gasteiger partial charge in [-0.05, 0) is 55.0 Å². The molecular formula is C33H27FN2O6. The van der Waals surface area contributed by atoms with Crippen LogP contribution in [-0.4, -0.2) is 19.7 Å². The predicted octanol–water partition coefficient (Wildman–Crippen LogP) is 6.25. The molecule has 212 valence electrons. The Labute approximate surface area is 242 Å². The van der Waals surface area contributed by atoms with Crippen molar-refractivity contribution in [3.8, 4) is 34.8 Å². The van der Waals surface area contributed by atoms with Gasteiger partial charge in [-0.2, -0.15) is 5.26 Å². The molecule has 0 saturated heterocycles. The maximum Gasteiger partial charge on any atom is 0.343 e. The van der Waals surface area contributed by atoms with Crippen molar-refractivity contribution in [1.82, 2.24) is 0 Å². The molecule has 9 heteroatoms. The lowest BCUT2D eigenvalue weighted by Gasteiger charge is -2.27. The highest BCUT2D eigenvalue weighted by atomic mass is 19.1. The highest BCUT2D eigenvalue weighted by Crippen LogP contribution is 2.45. The van der Waals surface area contributed by atoms with Crippen LogP contribution in [-0.2, 0) is 6.61 Å². The summed E-state index contributed by atoms with van der Waals surface area (Å²) in [5.74, 6) is 0.355. The molecule has 42 heavy (non-hydrogen) atoms. The first-order valence-corrected chi connectivity index (χ1v) is 13.1. The molecule has 4 aromatic rings. The van der Waals surface area contributed by atoms with Crippen molar-refractivity contribution in [3.63, 3.8) is 0 Å². The van der Waals surface area contributed by atoms with Crippen LogP contribution < -0.4 is 29.4 Å². The number of benzene rings is 4. The minimum atomic E-state index is -0.596. The van der Waals surface area contributed by atoms with Crippen LogP contribution in [0.4, 0.5) is 4.39 Å². The number of hydrogen-bond donors (Lipinski definition) is 1. The van der Waals surface area contributed by atoms with Crippen LogP contribution in [0.15, 0.2) is 96.4 Å². The summed E-state index contributed by atoms with van der Waals surface area (Å²) in [6, 6.07) is 25.3. The number of methoxy groups -OCH3 is 1. The number of halogens is 1. The number of fused-ring (bicyclic) bond motifs is 1. The molecule has 1 aliphatic heterocycles. The van der Waals surface area contributed by atoms with Gasteiger partial charge in [-0.1, -0.05) is 36.4 Å². The zero-order valence-electron chi connectivity index (χ0n) is 22.9. The Kier molecular flexibility index (Phi) is 8.25. The predicted molar refractivity (Wildman–Crippen MR) is 152 cm³/mol. The van der Waals surface area contributed by atoms with Crippen LogP contribution in [0, 0.1) is 17.1 Å². The summed E-state index contributed by atoms with van der Waals surface area (Å²) in [5, 5.41) is 9.99. The molecule has 0 aromatic heterocycles. The molecule has 1 aliphatic rings. The Hall–Kier alpha value is -5.49. The highest BCUT2D eigenvalue weighted by Gasteiger charge is 2.32. The molecule has 0 radical (unpaired) electrons. The molecule has 1 heterocycles. The SMILES string of the molecule is CCOc1cc(C2C(C#N)=C(N)Oc3cc(OC(=O)c4cccc(OC)c4)ccc32)ccc1OCc1ccccc1F. The number of ether oxygens (including phenoxy) is 5. The quantitative estimate of drug-likeness (QED) is 0.187. The average Bonchev–Trinajstić information content (AvgIpc) is 3.00. The lowest BCUT2D eigenvalue weighted by molar-refractivity contribution is 0.0734. The van der Waals surface area contributed by atoms with Crippen molar-refractivity contribution in [1.29, 1.82) is 5.26 Å². The van der Waals surface area contributed by atoms with E-state index in [1.165, 1.54) is 13.2 Å². The van der Waals surface area contributed by atoms with E-state index < -0.39 is 11.9 Å². The molecule has 0 spiro atoms. The first-order valence-electron chi connectivity index (χ1n) is 13.1. The van der Waals surface area contributed by atoms with Crippen LogP contribution in [0.3, 0.4) is 0 Å². The van der Waals surface area contributed by atoms with Gasteiger partial charge in [0.15, 0.2) is 11.5 Å². The molecule has 2 N–H and O–H groups in total. The van der Waals surface area contributed by atoms with Gasteiger partial charge in [0.1, 0.15) is 41.3 Å². The summed E-state index contributed by atoms with van der Waals surface area (Å²) in [4.78, 5) is 12.8. The molecule has 1 atom stereocenters. The van der Waals surface area contributed by atoms with Crippen molar-refractivity contribution in [2.75, 3.05) is 13.7 Å². The lowest BCUT2D eigenvalue weighted by atomic mass is 9.83. The van der Waals surface area contributed by atoms with Gasteiger partial charge in [0.25, 0.3) is 0 Å². The fourth-order valence-corrected chi connectivity index (χ4v) is 4.62. The Morgan fingerprint density at radius 3 is 2.57 bits per heavy atom. The summed E-state index contributed by atoms with van der Waals surface area (Å²) in [7, 11) is 1.51. The van der Waals surface area contributed by atoms with E-state index in [1.54, 1.807) is 78.9 Å². The number of hydrogen-bond acceptors (Lipinski definition) is 8. The maximum absolute atomic E-state index is 14.1. The van der Waals surface area contributed by atoms with Gasteiger partial charge in [-0.3, -0.25) is 0 Å². The second-order valence-corrected chi connectivity index (χ2v) is 9.27. The molecule has 8 nitrogen and oxygen atoms in total. The van der Waals surface area contributed by atoms with E-state index in [9.17, 15) is 14.4 Å². The minimum absolute atomic E-state index is 0.0136. The third-order valence-electron chi connectivity index (χ3n) is 6.65. The van der Waals surface area contributed by atoms with E-state index in [2.05, 4.69) is 6.07 Å². The maximum atomic E-state index is 14.1. The lowest BCUT2D eigenvalue weighted by Crippen LogP contribution is -2.21. The standard InChI is InChI=1S/C33H27FN2O6/c1-3-39-30-16-20(11-14-28(30)40-19-22-7-4-5-10-27(22)34)31-25-13-12-24(17-29(25)42-32(36)26(31)18-35)41-33(37)21-8-6-9-23(15-21)38-2/h4-17,31H,3,19,36H2,1-2H3. The second kappa shape index (κ2) is 12.4. The fraction of sp³-hybridized carbons (Fsp3) is 0.152. The number of carbonyl (C=O) groups is 1. The molecule has 4 aromatic carbocycles. The monoisotopic (exact) mass is 566 g/mol. The van der Waals surface area contributed by atoms with E-state index in [-0.39, 0.29) is 29.6 Å². The van der Waals surface area contributed by atoms with E-state index in [4.69, 9.17) is 29.4 Å². The van der Waals surface area contributed by atoms with Gasteiger partial charge in [-0.15, -0.1) is 0 Å². The third-order valence-corrected chi connectivity index (χ3v) is 6.65. The van der Waals surface area contributed by atoms with E-state index >= 15 is 0 Å². The Bertz CT molecular complexity index is 1710. The average molecular weight is 567 g/mol. The Morgan fingerprint density at radius 2 is 1.81 bits per heavy atom. The second-order valence-electron chi connectivity index (χ2n) is 9.27. The number of allylic oxidation sites excluding steroid dienone is 1. The van der Waals surface area contributed by atoms with Crippen LogP contribution >= 0.6 is 0 Å². The molecule has 0 saturated carbocycles. The van der Waals surface area contributed by atoms with Crippen molar-refractivity contribution < 1.29 is 32.9 Å². The van der Waals surface area contributed by atoms with Crippen LogP contribution in [0.25, 0.3) is 0 Å². The summed E-state index contributed by atoms with van der Waals surface area (Å²) < 4.78 is 42.4. The molecule has 0 bridgehead atoms. The molecule has 0 aliphatic carbocycles. The van der Waals surface area contributed by atoms with Crippen molar-refractivity contribution >= 4 is 5.97 Å². The Balaban J connectivity index is 1.45. The minimum Gasteiger partial charge on any atom is -0.497 e. The van der Waals surface area contributed by atoms with Crippen molar-refractivity contribution in [3.05, 3.63) is 124 Å². The highest BCUT2D eigenvalue weighted by molar-refractivity contribution is 5.91. The van der Waals surface area contributed by atoms with Gasteiger partial charge in [-0.25, -0.2) is 9.18 Å². The molecule has 1 unspecified atom stereocenters. The van der Waals surface area contributed by atoms with Crippen LogP contribution in [0.5, 0.6) is 28.7 Å².